The molecule has 22 heavy (non-hydrogen) atoms. The van der Waals surface area contributed by atoms with Gasteiger partial charge in [0.05, 0.1) is 21.3 Å². The Labute approximate surface area is 129 Å². The smallest absolute Gasteiger partial charge is 0.165 e. The van der Waals surface area contributed by atoms with Gasteiger partial charge in [0.2, 0.25) is 0 Å². The Morgan fingerprint density at radius 3 is 2.14 bits per heavy atom. The lowest BCUT2D eigenvalue weighted by atomic mass is 10.3. The zero-order valence-corrected chi connectivity index (χ0v) is 12.9. The predicted octanol–water partition coefficient (Wildman–Crippen LogP) is 2.74. The molecule has 0 saturated heterocycles. The zero-order chi connectivity index (χ0) is 15.9. The van der Waals surface area contributed by atoms with Gasteiger partial charge in [-0.25, -0.2) is 0 Å². The Morgan fingerprint density at radius 1 is 0.818 bits per heavy atom. The number of methoxy groups -OCH3 is 3. The molecule has 2 aromatic rings. The summed E-state index contributed by atoms with van der Waals surface area (Å²) in [5, 5.41) is 3.14. The van der Waals surface area contributed by atoms with Gasteiger partial charge in [0.1, 0.15) is 0 Å². The standard InChI is InChI=1S/C16H20N2O4/c1-19-13-7-5-12(9-15(13)21-3)18-10-22-16-8-11(17)4-6-14(16)20-2/h4-9,18H,10,17H2,1-3H3. The maximum atomic E-state index is 5.75. The molecule has 0 saturated carbocycles. The quantitative estimate of drug-likeness (QED) is 0.605. The monoisotopic (exact) mass is 304 g/mol. The third kappa shape index (κ3) is 3.66. The minimum atomic E-state index is 0.259. The first-order chi connectivity index (χ1) is 10.7. The number of nitrogens with two attached hydrogens (primary N) is 1. The third-order valence-electron chi connectivity index (χ3n) is 3.08. The maximum Gasteiger partial charge on any atom is 0.165 e. The van der Waals surface area contributed by atoms with Crippen molar-refractivity contribution in [2.75, 3.05) is 39.1 Å². The number of hydrogen-bond donors (Lipinski definition) is 2. The van der Waals surface area contributed by atoms with Crippen LogP contribution in [0.2, 0.25) is 0 Å². The van der Waals surface area contributed by atoms with E-state index in [-0.39, 0.29) is 6.73 Å². The Balaban J connectivity index is 2.01. The summed E-state index contributed by atoms with van der Waals surface area (Å²) in [5.41, 5.74) is 7.21. The van der Waals surface area contributed by atoms with Crippen molar-refractivity contribution in [1.29, 1.82) is 0 Å². The molecule has 0 radical (unpaired) electrons. The molecule has 0 aromatic heterocycles. The van der Waals surface area contributed by atoms with Crippen LogP contribution in [0.1, 0.15) is 0 Å². The van der Waals surface area contributed by atoms with Crippen molar-refractivity contribution in [2.45, 2.75) is 0 Å². The highest BCUT2D eigenvalue weighted by atomic mass is 16.5. The van der Waals surface area contributed by atoms with Gasteiger partial charge < -0.3 is 30.0 Å². The Morgan fingerprint density at radius 2 is 1.45 bits per heavy atom. The number of rotatable bonds is 7. The molecule has 0 aliphatic carbocycles. The van der Waals surface area contributed by atoms with Crippen LogP contribution in [0, 0.1) is 0 Å². The summed E-state index contributed by atoms with van der Waals surface area (Å²) in [6.07, 6.45) is 0. The second-order valence-corrected chi connectivity index (χ2v) is 4.45. The highest BCUT2D eigenvalue weighted by Crippen LogP contribution is 2.31. The zero-order valence-electron chi connectivity index (χ0n) is 12.9. The van der Waals surface area contributed by atoms with Gasteiger partial charge in [0, 0.05) is 23.5 Å². The highest BCUT2D eigenvalue weighted by Gasteiger charge is 2.06. The second-order valence-electron chi connectivity index (χ2n) is 4.45. The van der Waals surface area contributed by atoms with Crippen LogP contribution < -0.4 is 30.0 Å². The van der Waals surface area contributed by atoms with Gasteiger partial charge in [-0.15, -0.1) is 0 Å². The summed E-state index contributed by atoms with van der Waals surface area (Å²) in [4.78, 5) is 0. The molecule has 0 aliphatic heterocycles. The Bertz CT molecular complexity index is 632. The molecule has 6 nitrogen and oxygen atoms in total. The summed E-state index contributed by atoms with van der Waals surface area (Å²) in [6.45, 7) is 0.259. The molecule has 2 rings (SSSR count). The van der Waals surface area contributed by atoms with E-state index in [1.807, 2.05) is 18.2 Å². The predicted molar refractivity (Wildman–Crippen MR) is 86.1 cm³/mol. The first-order valence-electron chi connectivity index (χ1n) is 6.70. The minimum absolute atomic E-state index is 0.259. The van der Waals surface area contributed by atoms with Gasteiger partial charge in [0.25, 0.3) is 0 Å². The first kappa shape index (κ1) is 15.6. The molecule has 2 aromatic carbocycles. The molecule has 0 spiro atoms. The van der Waals surface area contributed by atoms with E-state index in [2.05, 4.69) is 5.32 Å². The molecular weight excluding hydrogens is 284 g/mol. The second kappa shape index (κ2) is 7.31. The molecule has 3 N–H and O–H groups in total. The van der Waals surface area contributed by atoms with E-state index in [1.54, 1.807) is 39.5 Å². The number of nitrogens with one attached hydrogen (secondary N) is 1. The molecule has 0 fully saturated rings. The van der Waals surface area contributed by atoms with E-state index in [0.29, 0.717) is 28.7 Å². The first-order valence-corrected chi connectivity index (χ1v) is 6.70. The minimum Gasteiger partial charge on any atom is -0.493 e. The molecule has 0 aliphatic rings. The van der Waals surface area contributed by atoms with E-state index >= 15 is 0 Å². The lowest BCUT2D eigenvalue weighted by Crippen LogP contribution is -2.10. The van der Waals surface area contributed by atoms with Crippen molar-refractivity contribution in [3.63, 3.8) is 0 Å². The molecule has 0 unspecified atom stereocenters. The average Bonchev–Trinajstić information content (AvgIpc) is 2.55. The molecule has 0 amide bonds. The topological polar surface area (TPSA) is 75.0 Å². The summed E-state index contributed by atoms with van der Waals surface area (Å²) in [7, 11) is 4.77. The van der Waals surface area contributed by atoms with Gasteiger partial charge in [0.15, 0.2) is 29.7 Å². The average molecular weight is 304 g/mol. The summed E-state index contributed by atoms with van der Waals surface area (Å²) in [5.74, 6) is 2.53. The largest absolute Gasteiger partial charge is 0.493 e. The van der Waals surface area contributed by atoms with Crippen molar-refractivity contribution in [3.05, 3.63) is 36.4 Å². The van der Waals surface area contributed by atoms with Crippen LogP contribution in [0.3, 0.4) is 0 Å². The number of ether oxygens (including phenoxy) is 4. The van der Waals surface area contributed by atoms with Gasteiger partial charge in [-0.3, -0.25) is 0 Å². The maximum absolute atomic E-state index is 5.75. The molecule has 6 heteroatoms. The molecule has 0 heterocycles. The number of nitrogen functional groups attached to an aromatic ring is 1. The number of benzene rings is 2. The molecular formula is C16H20N2O4. The van der Waals surface area contributed by atoms with Crippen LogP contribution in [0.4, 0.5) is 11.4 Å². The summed E-state index contributed by atoms with van der Waals surface area (Å²) in [6, 6.07) is 10.8. The van der Waals surface area contributed by atoms with Crippen molar-refractivity contribution in [2.24, 2.45) is 0 Å². The van der Waals surface area contributed by atoms with Gasteiger partial charge in [-0.1, -0.05) is 0 Å². The van der Waals surface area contributed by atoms with Crippen molar-refractivity contribution >= 4 is 11.4 Å². The number of hydrogen-bond acceptors (Lipinski definition) is 6. The van der Waals surface area contributed by atoms with Gasteiger partial charge in [-0.05, 0) is 24.3 Å². The summed E-state index contributed by atoms with van der Waals surface area (Å²) >= 11 is 0. The fourth-order valence-electron chi connectivity index (χ4n) is 1.95. The summed E-state index contributed by atoms with van der Waals surface area (Å²) < 4.78 is 21.3. The van der Waals surface area contributed by atoms with Crippen molar-refractivity contribution < 1.29 is 18.9 Å². The Hall–Kier alpha value is -2.76. The lowest BCUT2D eigenvalue weighted by molar-refractivity contribution is 0.315. The number of anilines is 2. The fraction of sp³-hybridized carbons (Fsp3) is 0.250. The van der Waals surface area contributed by atoms with E-state index in [4.69, 9.17) is 24.7 Å². The van der Waals surface area contributed by atoms with E-state index in [1.165, 1.54) is 0 Å². The van der Waals surface area contributed by atoms with Crippen LogP contribution in [0.25, 0.3) is 0 Å². The van der Waals surface area contributed by atoms with E-state index in [0.717, 1.165) is 5.69 Å². The molecule has 0 bridgehead atoms. The van der Waals surface area contributed by atoms with Gasteiger partial charge >= 0.3 is 0 Å². The van der Waals surface area contributed by atoms with Crippen LogP contribution in [0.5, 0.6) is 23.0 Å². The van der Waals surface area contributed by atoms with Crippen LogP contribution >= 0.6 is 0 Å². The van der Waals surface area contributed by atoms with Crippen molar-refractivity contribution in [1.82, 2.24) is 0 Å². The SMILES string of the molecule is COc1ccc(NCOc2cc(N)ccc2OC)cc1OC. The Kier molecular flexibility index (Phi) is 5.19. The fourth-order valence-corrected chi connectivity index (χ4v) is 1.95. The third-order valence-corrected chi connectivity index (χ3v) is 3.08. The van der Waals surface area contributed by atoms with Crippen molar-refractivity contribution in [3.8, 4) is 23.0 Å². The normalized spacial score (nSPS) is 9.95. The lowest BCUT2D eigenvalue weighted by Gasteiger charge is -2.14. The van der Waals surface area contributed by atoms with E-state index in [9.17, 15) is 0 Å². The molecule has 0 atom stereocenters. The highest BCUT2D eigenvalue weighted by molar-refractivity contribution is 5.55. The van der Waals surface area contributed by atoms with Crippen LogP contribution in [-0.2, 0) is 0 Å². The van der Waals surface area contributed by atoms with Crippen LogP contribution in [0.15, 0.2) is 36.4 Å². The molecule has 118 valence electrons. The van der Waals surface area contributed by atoms with E-state index < -0.39 is 0 Å². The van der Waals surface area contributed by atoms with Gasteiger partial charge in [-0.2, -0.15) is 0 Å². The van der Waals surface area contributed by atoms with Crippen LogP contribution in [-0.4, -0.2) is 28.1 Å².